The molecule has 2 saturated heterocycles. The summed E-state index contributed by atoms with van der Waals surface area (Å²) in [5.41, 5.74) is 8.46. The van der Waals surface area contributed by atoms with Crippen LogP contribution in [-0.2, 0) is 17.8 Å². The Bertz CT molecular complexity index is 1650. The van der Waals surface area contributed by atoms with Gasteiger partial charge >= 0.3 is 6.03 Å². The maximum Gasteiger partial charge on any atom is 0.328 e. The molecule has 2 heterocycles. The van der Waals surface area contributed by atoms with Crippen molar-refractivity contribution in [1.29, 1.82) is 0 Å². The zero-order valence-electron chi connectivity index (χ0n) is 24.9. The van der Waals surface area contributed by atoms with Gasteiger partial charge in [0.2, 0.25) is 5.91 Å². The summed E-state index contributed by atoms with van der Waals surface area (Å²) < 4.78 is 0. The van der Waals surface area contributed by atoms with Gasteiger partial charge in [-0.3, -0.25) is 19.9 Å². The molecule has 7 heteroatoms. The Labute approximate surface area is 258 Å². The summed E-state index contributed by atoms with van der Waals surface area (Å²) in [5, 5.41) is 12.6. The van der Waals surface area contributed by atoms with Crippen LogP contribution < -0.4 is 15.1 Å². The lowest BCUT2D eigenvalue weighted by Crippen LogP contribution is -2.50. The smallest absolute Gasteiger partial charge is 0.328 e. The topological polar surface area (TPSA) is 76.1 Å². The molecule has 2 aliphatic heterocycles. The molecule has 0 spiro atoms. The number of para-hydroxylation sites is 1. The number of aromatic hydroxyl groups is 1. The largest absolute Gasteiger partial charge is 0.508 e. The van der Waals surface area contributed by atoms with Crippen molar-refractivity contribution in [2.75, 3.05) is 42.5 Å². The van der Waals surface area contributed by atoms with E-state index in [2.05, 4.69) is 81.8 Å². The number of urea groups is 1. The van der Waals surface area contributed by atoms with E-state index in [0.717, 1.165) is 56.8 Å². The van der Waals surface area contributed by atoms with Crippen molar-refractivity contribution in [3.63, 3.8) is 0 Å². The molecular formula is C37H38N4O3. The molecule has 3 amide bonds. The average Bonchev–Trinajstić information content (AvgIpc) is 3.05. The van der Waals surface area contributed by atoms with Crippen LogP contribution in [0, 0.1) is 0 Å². The zero-order chi connectivity index (χ0) is 30.0. The Kier molecular flexibility index (Phi) is 7.79. The van der Waals surface area contributed by atoms with E-state index in [1.54, 1.807) is 4.90 Å². The van der Waals surface area contributed by atoms with E-state index in [1.807, 2.05) is 30.3 Å². The summed E-state index contributed by atoms with van der Waals surface area (Å²) in [6, 6.07) is 33.5. The molecule has 0 aromatic heterocycles. The molecule has 0 bridgehead atoms. The number of carbonyl (C=O) groups excluding carboxylic acids is 2. The van der Waals surface area contributed by atoms with Crippen LogP contribution in [-0.4, -0.2) is 54.7 Å². The second-order valence-corrected chi connectivity index (χ2v) is 12.2. The summed E-state index contributed by atoms with van der Waals surface area (Å²) >= 11 is 0. The third kappa shape index (κ3) is 5.67. The minimum atomic E-state index is -0.341. The summed E-state index contributed by atoms with van der Waals surface area (Å²) in [4.78, 5) is 30.7. The van der Waals surface area contributed by atoms with E-state index in [0.29, 0.717) is 24.6 Å². The summed E-state index contributed by atoms with van der Waals surface area (Å²) in [7, 11) is 0. The van der Waals surface area contributed by atoms with Gasteiger partial charge in [-0.1, -0.05) is 66.7 Å². The van der Waals surface area contributed by atoms with E-state index in [-0.39, 0.29) is 17.9 Å². The number of hydrogen-bond donors (Lipinski definition) is 2. The molecule has 4 aromatic rings. The van der Waals surface area contributed by atoms with Crippen LogP contribution in [0.5, 0.6) is 5.75 Å². The minimum absolute atomic E-state index is 0.215. The second kappa shape index (κ2) is 12.2. The van der Waals surface area contributed by atoms with Gasteiger partial charge in [-0.15, -0.1) is 0 Å². The van der Waals surface area contributed by atoms with Crippen LogP contribution in [0.25, 0.3) is 0 Å². The van der Waals surface area contributed by atoms with Crippen LogP contribution in [0.15, 0.2) is 97.1 Å². The molecule has 224 valence electrons. The molecule has 1 aliphatic carbocycles. The molecule has 2 N–H and O–H groups in total. The molecule has 2 atom stereocenters. The predicted molar refractivity (Wildman–Crippen MR) is 173 cm³/mol. The second-order valence-electron chi connectivity index (χ2n) is 12.2. The van der Waals surface area contributed by atoms with Crippen LogP contribution in [0.3, 0.4) is 0 Å². The molecule has 0 unspecified atom stereocenters. The number of aryl methyl sites for hydroxylation is 1. The summed E-state index contributed by atoms with van der Waals surface area (Å²) in [6.07, 6.45) is 2.34. The van der Waals surface area contributed by atoms with Gasteiger partial charge in [0.1, 0.15) is 5.75 Å². The van der Waals surface area contributed by atoms with Crippen LogP contribution in [0.2, 0.25) is 0 Å². The van der Waals surface area contributed by atoms with Gasteiger partial charge in [-0.2, -0.15) is 0 Å². The number of rotatable bonds is 6. The lowest BCUT2D eigenvalue weighted by Gasteiger charge is -2.37. The van der Waals surface area contributed by atoms with Gasteiger partial charge < -0.3 is 10.0 Å². The van der Waals surface area contributed by atoms with Gasteiger partial charge in [0.15, 0.2) is 0 Å². The Hall–Kier alpha value is -4.62. The number of amides is 3. The van der Waals surface area contributed by atoms with E-state index < -0.39 is 0 Å². The maximum absolute atomic E-state index is 12.5. The number of benzene rings is 4. The first kappa shape index (κ1) is 28.2. The first-order valence-corrected chi connectivity index (χ1v) is 15.7. The van der Waals surface area contributed by atoms with Crippen molar-refractivity contribution in [2.24, 2.45) is 0 Å². The van der Waals surface area contributed by atoms with Crippen LogP contribution in [0.1, 0.15) is 52.5 Å². The van der Waals surface area contributed by atoms with Gasteiger partial charge in [-0.25, -0.2) is 4.79 Å². The highest BCUT2D eigenvalue weighted by molar-refractivity contribution is 6.05. The van der Waals surface area contributed by atoms with Crippen molar-refractivity contribution < 1.29 is 14.7 Å². The zero-order valence-corrected chi connectivity index (χ0v) is 24.9. The number of piperazine rings is 1. The number of hydrogen-bond acceptors (Lipinski definition) is 5. The minimum Gasteiger partial charge on any atom is -0.508 e. The fourth-order valence-electron chi connectivity index (χ4n) is 7.28. The Morgan fingerprint density at radius 1 is 0.750 bits per heavy atom. The number of fused-ring (bicyclic) bond motifs is 1. The fraction of sp³-hybridized carbons (Fsp3) is 0.297. The summed E-state index contributed by atoms with van der Waals surface area (Å²) in [5.74, 6) is 0.759. The normalized spacial score (nSPS) is 20.7. The highest BCUT2D eigenvalue weighted by Crippen LogP contribution is 2.47. The molecule has 0 radical (unpaired) electrons. The molecule has 3 aliphatic rings. The van der Waals surface area contributed by atoms with E-state index >= 15 is 0 Å². The lowest BCUT2D eigenvalue weighted by atomic mass is 9.69. The highest BCUT2D eigenvalue weighted by atomic mass is 16.3. The predicted octanol–water partition coefficient (Wildman–Crippen LogP) is 6.02. The molecule has 4 aromatic carbocycles. The van der Waals surface area contributed by atoms with Crippen molar-refractivity contribution >= 4 is 23.3 Å². The van der Waals surface area contributed by atoms with Crippen molar-refractivity contribution in [2.45, 2.75) is 37.6 Å². The number of nitrogens with zero attached hydrogens (tertiary/aromatic N) is 3. The number of anilines is 2. The van der Waals surface area contributed by atoms with Crippen molar-refractivity contribution in [1.82, 2.24) is 10.2 Å². The van der Waals surface area contributed by atoms with Crippen LogP contribution in [0.4, 0.5) is 16.2 Å². The number of imide groups is 1. The quantitative estimate of drug-likeness (QED) is 0.289. The average molecular weight is 587 g/mol. The SMILES string of the molecule is O=C1CCN(c2ccccc2CN2CCN(c3ccc([C@H]4c5ccc(O)cc5CC[C@H]4c4ccccc4)cc3)CC2)C(=O)N1. The number of nitrogens with one attached hydrogen (secondary N) is 1. The number of phenolic OH excluding ortho intramolecular Hbond substituents is 1. The highest BCUT2D eigenvalue weighted by Gasteiger charge is 2.32. The standard InChI is InChI=1S/C37H38N4O3/c42-31-15-17-33-28(24-31)12-16-32(26-6-2-1-3-7-26)36(33)27-10-13-30(14-11-27)40-22-20-39(21-23-40)25-29-8-4-5-9-34(29)41-19-18-35(43)38-37(41)44/h1-11,13-15,17,24,32,36,42H,12,16,18-23,25H2,(H,38,43,44)/t32-,36+/m0/s1. The molecular weight excluding hydrogens is 548 g/mol. The Balaban J connectivity index is 1.05. The number of carbonyl (C=O) groups is 2. The first-order chi connectivity index (χ1) is 21.5. The Morgan fingerprint density at radius 3 is 2.27 bits per heavy atom. The van der Waals surface area contributed by atoms with Gasteiger partial charge in [0.25, 0.3) is 0 Å². The van der Waals surface area contributed by atoms with Gasteiger partial charge in [0.05, 0.1) is 0 Å². The van der Waals surface area contributed by atoms with E-state index in [9.17, 15) is 14.7 Å². The molecule has 2 fully saturated rings. The molecule has 7 rings (SSSR count). The summed E-state index contributed by atoms with van der Waals surface area (Å²) in [6.45, 7) is 4.88. The number of phenols is 1. The Morgan fingerprint density at radius 2 is 1.50 bits per heavy atom. The van der Waals surface area contributed by atoms with Crippen molar-refractivity contribution in [3.8, 4) is 5.75 Å². The third-order valence-electron chi connectivity index (χ3n) is 9.54. The fourth-order valence-corrected chi connectivity index (χ4v) is 7.28. The lowest BCUT2D eigenvalue weighted by molar-refractivity contribution is -0.120. The molecule has 0 saturated carbocycles. The van der Waals surface area contributed by atoms with Crippen LogP contribution >= 0.6 is 0 Å². The van der Waals surface area contributed by atoms with Crippen molar-refractivity contribution in [3.05, 3.63) is 125 Å². The van der Waals surface area contributed by atoms with Gasteiger partial charge in [0, 0.05) is 63.0 Å². The monoisotopic (exact) mass is 586 g/mol. The van der Waals surface area contributed by atoms with E-state index in [1.165, 1.54) is 27.9 Å². The molecule has 44 heavy (non-hydrogen) atoms. The van der Waals surface area contributed by atoms with E-state index in [4.69, 9.17) is 0 Å². The maximum atomic E-state index is 12.5. The molecule has 7 nitrogen and oxygen atoms in total. The van der Waals surface area contributed by atoms with Gasteiger partial charge in [-0.05, 0) is 76.9 Å². The third-order valence-corrected chi connectivity index (χ3v) is 9.54. The first-order valence-electron chi connectivity index (χ1n) is 15.7.